The molecule has 2 aromatic carbocycles. The van der Waals surface area contributed by atoms with E-state index < -0.39 is 5.97 Å². The number of rotatable bonds is 2. The molecule has 1 aliphatic carbocycles. The number of hydrogen-bond acceptors (Lipinski definition) is 4. The monoisotopic (exact) mass is 353 g/mol. The summed E-state index contributed by atoms with van der Waals surface area (Å²) in [7, 11) is 0. The first kappa shape index (κ1) is 21.2. The number of fused-ring (bicyclic) bond motifs is 3. The quantitative estimate of drug-likeness (QED) is 0.282. The van der Waals surface area contributed by atoms with Gasteiger partial charge in [-0.2, -0.15) is 12.2 Å². The van der Waals surface area contributed by atoms with Gasteiger partial charge in [0.2, 0.25) is 0 Å². The second-order valence-electron chi connectivity index (χ2n) is 4.91. The van der Waals surface area contributed by atoms with E-state index in [-0.39, 0.29) is 62.6 Å². The Balaban J connectivity index is 0.000000730. The first-order valence-corrected chi connectivity index (χ1v) is 7.10. The molecule has 25 heavy (non-hydrogen) atoms. The SMILES string of the molecule is C=N/C(C#N)=C1/c2ccccc2-c2c(C(=O)[O-])cccc21.C=[C-]C.[K+]. The second kappa shape index (κ2) is 9.61. The van der Waals surface area contributed by atoms with Crippen LogP contribution in [0.2, 0.25) is 0 Å². The molecule has 0 unspecified atom stereocenters. The van der Waals surface area contributed by atoms with Crippen molar-refractivity contribution in [3.63, 3.8) is 0 Å². The molecule has 2 aromatic rings. The number of aliphatic imine (C=N–C) groups is 1. The fraction of sp³-hybridized carbons (Fsp3) is 0.0500. The van der Waals surface area contributed by atoms with Crippen LogP contribution >= 0.6 is 0 Å². The summed E-state index contributed by atoms with van der Waals surface area (Å²) in [4.78, 5) is 15.1. The fourth-order valence-corrected chi connectivity index (χ4v) is 2.71. The van der Waals surface area contributed by atoms with Crippen LogP contribution < -0.4 is 56.5 Å². The molecular formula is C20H14KN2O2-. The van der Waals surface area contributed by atoms with E-state index in [4.69, 9.17) is 0 Å². The van der Waals surface area contributed by atoms with Gasteiger partial charge in [0.1, 0.15) is 11.8 Å². The van der Waals surface area contributed by atoms with Crippen LogP contribution in [0.15, 0.2) is 59.7 Å². The van der Waals surface area contributed by atoms with Crippen LogP contribution in [0, 0.1) is 17.4 Å². The molecule has 0 aromatic heterocycles. The number of aromatic carboxylic acids is 1. The Morgan fingerprint density at radius 2 is 1.72 bits per heavy atom. The van der Waals surface area contributed by atoms with Crippen LogP contribution in [0.4, 0.5) is 0 Å². The molecule has 0 aliphatic heterocycles. The molecule has 1 aliphatic rings. The average molecular weight is 353 g/mol. The minimum absolute atomic E-state index is 0. The summed E-state index contributed by atoms with van der Waals surface area (Å²) in [5.41, 5.74) is 3.68. The largest absolute Gasteiger partial charge is 1.00 e. The summed E-state index contributed by atoms with van der Waals surface area (Å²) < 4.78 is 0. The predicted octanol–water partition coefficient (Wildman–Crippen LogP) is 0.0136. The van der Waals surface area contributed by atoms with Crippen LogP contribution in [-0.2, 0) is 0 Å². The summed E-state index contributed by atoms with van der Waals surface area (Å²) in [5.74, 6) is -1.24. The normalized spacial score (nSPS) is 12.2. The molecule has 4 nitrogen and oxygen atoms in total. The van der Waals surface area contributed by atoms with Crippen molar-refractivity contribution in [2.24, 2.45) is 4.99 Å². The molecule has 0 atom stereocenters. The Labute approximate surface area is 189 Å². The summed E-state index contributed by atoms with van der Waals surface area (Å²) in [5, 5.41) is 20.6. The van der Waals surface area contributed by atoms with Crippen LogP contribution in [0.5, 0.6) is 0 Å². The van der Waals surface area contributed by atoms with E-state index in [1.807, 2.05) is 30.3 Å². The number of nitrogens with zero attached hydrogens (tertiary/aromatic N) is 2. The van der Waals surface area contributed by atoms with E-state index >= 15 is 0 Å². The maximum atomic E-state index is 11.4. The number of nitriles is 1. The molecule has 5 heteroatoms. The van der Waals surface area contributed by atoms with Gasteiger partial charge in [-0.15, -0.1) is 0 Å². The molecule has 0 N–H and O–H groups in total. The molecule has 118 valence electrons. The second-order valence-corrected chi connectivity index (χ2v) is 4.91. The van der Waals surface area contributed by atoms with Gasteiger partial charge in [-0.3, -0.25) is 11.6 Å². The number of benzene rings is 2. The predicted molar refractivity (Wildman–Crippen MR) is 91.9 cm³/mol. The van der Waals surface area contributed by atoms with Gasteiger partial charge in [0, 0.05) is 11.1 Å². The maximum Gasteiger partial charge on any atom is 1.00 e. The third-order valence-corrected chi connectivity index (χ3v) is 3.52. The smallest absolute Gasteiger partial charge is 0.545 e. The topological polar surface area (TPSA) is 76.3 Å². The van der Waals surface area contributed by atoms with Gasteiger partial charge >= 0.3 is 51.4 Å². The molecule has 0 saturated heterocycles. The Bertz CT molecular complexity index is 908. The summed E-state index contributed by atoms with van der Waals surface area (Å²) in [6, 6.07) is 14.2. The number of carboxylic acid groups (broad SMARTS) is 1. The molecule has 0 radical (unpaired) electrons. The van der Waals surface area contributed by atoms with Gasteiger partial charge in [-0.1, -0.05) is 42.5 Å². The van der Waals surface area contributed by atoms with E-state index in [0.29, 0.717) is 16.7 Å². The average Bonchev–Trinajstić information content (AvgIpc) is 2.92. The third-order valence-electron chi connectivity index (χ3n) is 3.52. The summed E-state index contributed by atoms with van der Waals surface area (Å²) >= 11 is 0. The Hall–Kier alpha value is -1.81. The van der Waals surface area contributed by atoms with Crippen LogP contribution in [-0.4, -0.2) is 12.7 Å². The van der Waals surface area contributed by atoms with E-state index in [2.05, 4.69) is 24.4 Å². The number of carbonyl (C=O) groups is 1. The van der Waals surface area contributed by atoms with Gasteiger partial charge in [0.25, 0.3) is 0 Å². The first-order valence-electron chi connectivity index (χ1n) is 7.10. The van der Waals surface area contributed by atoms with Crippen molar-refractivity contribution in [2.45, 2.75) is 6.92 Å². The number of carbonyl (C=O) groups excluding carboxylic acids is 1. The van der Waals surface area contributed by atoms with E-state index in [0.717, 1.165) is 11.1 Å². The van der Waals surface area contributed by atoms with Gasteiger partial charge < -0.3 is 16.0 Å². The van der Waals surface area contributed by atoms with E-state index in [1.54, 1.807) is 19.1 Å². The van der Waals surface area contributed by atoms with Crippen molar-refractivity contribution in [3.05, 3.63) is 77.5 Å². The van der Waals surface area contributed by atoms with Crippen molar-refractivity contribution in [1.82, 2.24) is 0 Å². The molecule has 0 amide bonds. The van der Waals surface area contributed by atoms with Crippen LogP contribution in [0.3, 0.4) is 0 Å². The van der Waals surface area contributed by atoms with E-state index in [1.165, 1.54) is 6.07 Å². The zero-order valence-electron chi connectivity index (χ0n) is 14.2. The zero-order chi connectivity index (χ0) is 17.7. The number of carboxylic acids is 1. The van der Waals surface area contributed by atoms with Gasteiger partial charge in [0.05, 0.1) is 5.97 Å². The first-order chi connectivity index (χ1) is 11.6. The maximum absolute atomic E-state index is 11.4. The van der Waals surface area contributed by atoms with Gasteiger partial charge in [0.15, 0.2) is 0 Å². The van der Waals surface area contributed by atoms with Crippen molar-refractivity contribution >= 4 is 18.3 Å². The van der Waals surface area contributed by atoms with Crippen LogP contribution in [0.25, 0.3) is 16.7 Å². The number of hydrogen-bond donors (Lipinski definition) is 0. The minimum atomic E-state index is -1.24. The van der Waals surface area contributed by atoms with Crippen molar-refractivity contribution in [3.8, 4) is 17.2 Å². The van der Waals surface area contributed by atoms with Gasteiger partial charge in [-0.05, 0) is 29.0 Å². The molecule has 0 heterocycles. The Morgan fingerprint density at radius 3 is 2.24 bits per heavy atom. The summed E-state index contributed by atoms with van der Waals surface area (Å²) in [6.07, 6.45) is 2.50. The molecule has 0 saturated carbocycles. The standard InChI is InChI=1S/C17H10N2O2.C3H5.K/c1-19-14(9-18)16-11-6-3-2-5-10(11)15-12(16)7-4-8-13(15)17(20)21;1-3-2;/h2-8H,1H2,(H,20,21);1H2,2H3;/q;-1;+1/p-1/b16-14-;;. The summed E-state index contributed by atoms with van der Waals surface area (Å²) in [6.45, 7) is 8.42. The van der Waals surface area contributed by atoms with Gasteiger partial charge in [-0.25, -0.2) is 0 Å². The van der Waals surface area contributed by atoms with Crippen LogP contribution in [0.1, 0.15) is 28.4 Å². The molecule has 3 rings (SSSR count). The van der Waals surface area contributed by atoms with Crippen molar-refractivity contribution in [1.29, 1.82) is 5.26 Å². The fourth-order valence-electron chi connectivity index (χ4n) is 2.71. The molecule has 0 bridgehead atoms. The number of allylic oxidation sites excluding steroid dienone is 2. The van der Waals surface area contributed by atoms with Crippen molar-refractivity contribution in [2.75, 3.05) is 0 Å². The Morgan fingerprint density at radius 1 is 1.16 bits per heavy atom. The Kier molecular flexibility index (Phi) is 8.16. The van der Waals surface area contributed by atoms with Crippen molar-refractivity contribution < 1.29 is 61.3 Å². The zero-order valence-corrected chi connectivity index (χ0v) is 17.3. The molecule has 0 spiro atoms. The molecular weight excluding hydrogens is 339 g/mol. The van der Waals surface area contributed by atoms with E-state index in [9.17, 15) is 15.2 Å². The molecule has 0 fully saturated rings. The minimum Gasteiger partial charge on any atom is -0.545 e. The third kappa shape index (κ3) is 4.06.